The lowest BCUT2D eigenvalue weighted by Crippen LogP contribution is -1.85. The van der Waals surface area contributed by atoms with Crippen LogP contribution in [0.25, 0.3) is 11.1 Å². The number of benzene rings is 1. The number of hydrogen-bond donors (Lipinski definition) is 0. The molecule has 0 aliphatic heterocycles. The maximum atomic E-state index is 6.00. The van der Waals surface area contributed by atoms with Gasteiger partial charge in [-0.1, -0.05) is 37.6 Å². The molecule has 3 heteroatoms. The summed E-state index contributed by atoms with van der Waals surface area (Å²) in [6, 6.07) is 10.0. The van der Waals surface area contributed by atoms with E-state index in [0.717, 1.165) is 21.2 Å². The van der Waals surface area contributed by atoms with Crippen LogP contribution >= 0.6 is 23.4 Å². The van der Waals surface area contributed by atoms with Gasteiger partial charge in [-0.15, -0.1) is 11.8 Å². The zero-order chi connectivity index (χ0) is 13.5. The Kier molecular flexibility index (Phi) is 6.23. The zero-order valence-electron chi connectivity index (χ0n) is 11.2. The molecule has 0 bridgehead atoms. The van der Waals surface area contributed by atoms with Gasteiger partial charge >= 0.3 is 0 Å². The van der Waals surface area contributed by atoms with Crippen molar-refractivity contribution < 1.29 is 0 Å². The second kappa shape index (κ2) is 7.45. The van der Waals surface area contributed by atoms with Crippen molar-refractivity contribution in [2.45, 2.75) is 25.8 Å². The van der Waals surface area contributed by atoms with Crippen LogP contribution in [0.3, 0.4) is 0 Å². The lowest BCUT2D eigenvalue weighted by molar-refractivity contribution is 1.14. The molecule has 18 heavy (non-hydrogen) atoms. The molecule has 0 aliphatic carbocycles. The molecule has 0 spiro atoms. The smallest absolute Gasteiger partial charge is 0.0957 e. The molecule has 1 nitrogen and oxygen atoms in total. The van der Waals surface area contributed by atoms with Crippen molar-refractivity contribution in [3.05, 3.63) is 47.1 Å². The van der Waals surface area contributed by atoms with Crippen molar-refractivity contribution >= 4 is 23.4 Å². The summed E-state index contributed by atoms with van der Waals surface area (Å²) >= 11 is 7.64. The topological polar surface area (TPSA) is 12.9 Å². The molecule has 0 amide bonds. The van der Waals surface area contributed by atoms with E-state index < -0.39 is 0 Å². The van der Waals surface area contributed by atoms with E-state index >= 15 is 0 Å². The quantitative estimate of drug-likeness (QED) is 0.677. The fourth-order valence-electron chi connectivity index (χ4n) is 1.57. The summed E-state index contributed by atoms with van der Waals surface area (Å²) in [7, 11) is 0. The van der Waals surface area contributed by atoms with Crippen molar-refractivity contribution in [3.8, 4) is 11.1 Å². The number of pyridine rings is 1. The van der Waals surface area contributed by atoms with Crippen LogP contribution < -0.4 is 0 Å². The average Bonchev–Trinajstić information content (AvgIpc) is 2.44. The minimum atomic E-state index is 0.759. The zero-order valence-corrected chi connectivity index (χ0v) is 12.8. The number of halogens is 1. The highest BCUT2D eigenvalue weighted by atomic mass is 35.5. The normalized spacial score (nSPS) is 9.61. The molecule has 0 radical (unpaired) electrons. The van der Waals surface area contributed by atoms with E-state index in [1.165, 1.54) is 5.56 Å². The Morgan fingerprint density at radius 1 is 1.11 bits per heavy atom. The maximum Gasteiger partial charge on any atom is 0.0957 e. The third kappa shape index (κ3) is 3.76. The summed E-state index contributed by atoms with van der Waals surface area (Å²) in [5.41, 5.74) is 3.47. The number of nitrogens with zero attached hydrogens (tertiary/aromatic N) is 1. The number of thioether (sulfide) groups is 1. The van der Waals surface area contributed by atoms with E-state index in [0.29, 0.717) is 0 Å². The molecular weight excluding hydrogens is 262 g/mol. The van der Waals surface area contributed by atoms with Crippen LogP contribution in [0.2, 0.25) is 5.02 Å². The number of rotatable bonds is 2. The molecular formula is C15H18ClNS. The van der Waals surface area contributed by atoms with Gasteiger partial charge in [0.25, 0.3) is 0 Å². The van der Waals surface area contributed by atoms with Crippen molar-refractivity contribution in [2.75, 3.05) is 6.26 Å². The SMILES string of the molecule is CC.CSc1ccc(-c2cc(Cl)ccc2C)cn1. The van der Waals surface area contributed by atoms with E-state index in [1.807, 2.05) is 50.6 Å². The van der Waals surface area contributed by atoms with Crippen molar-refractivity contribution in [3.63, 3.8) is 0 Å². The van der Waals surface area contributed by atoms with Crippen molar-refractivity contribution in [2.24, 2.45) is 0 Å². The Morgan fingerprint density at radius 3 is 2.39 bits per heavy atom. The standard InChI is InChI=1S/C13H12ClNS.C2H6/c1-9-3-5-11(14)7-12(9)10-4-6-13(16-2)15-8-10;1-2/h3-8H,1-2H3;1-2H3. The monoisotopic (exact) mass is 279 g/mol. The van der Waals surface area contributed by atoms with Gasteiger partial charge in [0.05, 0.1) is 5.03 Å². The second-order valence-corrected chi connectivity index (χ2v) is 4.81. The van der Waals surface area contributed by atoms with E-state index in [-0.39, 0.29) is 0 Å². The van der Waals surface area contributed by atoms with Gasteiger partial charge in [0.2, 0.25) is 0 Å². The van der Waals surface area contributed by atoms with Crippen molar-refractivity contribution in [1.82, 2.24) is 4.98 Å². The van der Waals surface area contributed by atoms with E-state index in [4.69, 9.17) is 11.6 Å². The highest BCUT2D eigenvalue weighted by Crippen LogP contribution is 2.26. The number of aromatic nitrogens is 1. The largest absolute Gasteiger partial charge is 0.249 e. The summed E-state index contributed by atoms with van der Waals surface area (Å²) < 4.78 is 0. The summed E-state index contributed by atoms with van der Waals surface area (Å²) in [4.78, 5) is 4.36. The van der Waals surface area contributed by atoms with Crippen LogP contribution in [0.4, 0.5) is 0 Å². The highest BCUT2D eigenvalue weighted by molar-refractivity contribution is 7.98. The minimum Gasteiger partial charge on any atom is -0.249 e. The predicted molar refractivity (Wildman–Crippen MR) is 82.5 cm³/mol. The Bertz CT molecular complexity index is 494. The first-order chi connectivity index (χ1) is 8.70. The molecule has 0 atom stereocenters. The van der Waals surface area contributed by atoms with Gasteiger partial charge in [-0.25, -0.2) is 4.98 Å². The number of hydrogen-bond acceptors (Lipinski definition) is 2. The van der Waals surface area contributed by atoms with Gasteiger partial charge in [0.1, 0.15) is 0 Å². The molecule has 96 valence electrons. The maximum absolute atomic E-state index is 6.00. The molecule has 0 saturated heterocycles. The molecule has 1 aromatic heterocycles. The first-order valence-electron chi connectivity index (χ1n) is 5.97. The molecule has 1 aromatic carbocycles. The minimum absolute atomic E-state index is 0.759. The van der Waals surface area contributed by atoms with Crippen LogP contribution in [0.1, 0.15) is 19.4 Å². The summed E-state index contributed by atoms with van der Waals surface area (Å²) in [6.45, 7) is 6.08. The molecule has 1 heterocycles. The first-order valence-corrected chi connectivity index (χ1v) is 7.57. The van der Waals surface area contributed by atoms with Crippen molar-refractivity contribution in [1.29, 1.82) is 0 Å². The lowest BCUT2D eigenvalue weighted by Gasteiger charge is -2.06. The summed E-state index contributed by atoms with van der Waals surface area (Å²) in [5, 5.41) is 1.79. The lowest BCUT2D eigenvalue weighted by atomic mass is 10.0. The molecule has 0 fully saturated rings. The Labute approximate surface area is 119 Å². The van der Waals surface area contributed by atoms with E-state index in [9.17, 15) is 0 Å². The van der Waals surface area contributed by atoms with Crippen LogP contribution in [0.5, 0.6) is 0 Å². The summed E-state index contributed by atoms with van der Waals surface area (Å²) in [5.74, 6) is 0. The van der Waals surface area contributed by atoms with Crippen LogP contribution in [-0.4, -0.2) is 11.2 Å². The average molecular weight is 280 g/mol. The van der Waals surface area contributed by atoms with Gasteiger partial charge in [-0.2, -0.15) is 0 Å². The van der Waals surface area contributed by atoms with E-state index in [2.05, 4.69) is 18.0 Å². The first kappa shape index (κ1) is 15.1. The Balaban J connectivity index is 0.000000771. The molecule has 0 aliphatic rings. The number of aryl methyl sites for hydroxylation is 1. The fraction of sp³-hybridized carbons (Fsp3) is 0.267. The van der Waals surface area contributed by atoms with Crippen LogP contribution in [-0.2, 0) is 0 Å². The molecule has 0 saturated carbocycles. The van der Waals surface area contributed by atoms with Gasteiger partial charge < -0.3 is 0 Å². The third-order valence-electron chi connectivity index (χ3n) is 2.46. The predicted octanol–water partition coefficient (Wildman–Crippen LogP) is 5.46. The van der Waals surface area contributed by atoms with Crippen LogP contribution in [0, 0.1) is 6.92 Å². The van der Waals surface area contributed by atoms with Crippen LogP contribution in [0.15, 0.2) is 41.6 Å². The molecule has 0 N–H and O–H groups in total. The van der Waals surface area contributed by atoms with Gasteiger partial charge in [0.15, 0.2) is 0 Å². The second-order valence-electron chi connectivity index (χ2n) is 3.55. The van der Waals surface area contributed by atoms with Gasteiger partial charge in [0, 0.05) is 16.8 Å². The molecule has 2 rings (SSSR count). The third-order valence-corrected chi connectivity index (χ3v) is 3.35. The highest BCUT2D eigenvalue weighted by Gasteiger charge is 2.03. The van der Waals surface area contributed by atoms with Gasteiger partial charge in [-0.05, 0) is 42.5 Å². The van der Waals surface area contributed by atoms with Gasteiger partial charge in [-0.3, -0.25) is 0 Å². The Morgan fingerprint density at radius 2 is 1.83 bits per heavy atom. The summed E-state index contributed by atoms with van der Waals surface area (Å²) in [6.07, 6.45) is 3.91. The fourth-order valence-corrected chi connectivity index (χ4v) is 2.10. The Hall–Kier alpha value is -0.990. The van der Waals surface area contributed by atoms with E-state index in [1.54, 1.807) is 11.8 Å². The molecule has 2 aromatic rings. The molecule has 0 unspecified atom stereocenters.